The Morgan fingerprint density at radius 2 is 2.19 bits per heavy atom. The van der Waals surface area contributed by atoms with Crippen molar-refractivity contribution < 1.29 is 0 Å². The number of allylic oxidation sites excluding steroid dienone is 1. The molecule has 0 aromatic carbocycles. The number of halogens is 1. The van der Waals surface area contributed by atoms with Crippen LogP contribution < -0.4 is 11.2 Å². The monoisotopic (exact) mass is 284 g/mol. The molecule has 2 aromatic heterocycles. The molecule has 84 valence electrons. The summed E-state index contributed by atoms with van der Waals surface area (Å²) >= 11 is 3.24. The summed E-state index contributed by atoms with van der Waals surface area (Å²) in [5.74, 6) is 0.543. The number of hydrogen-bond donors (Lipinski definition) is 2. The second kappa shape index (κ2) is 4.09. The van der Waals surface area contributed by atoms with Crippen molar-refractivity contribution in [2.24, 2.45) is 7.05 Å². The van der Waals surface area contributed by atoms with Gasteiger partial charge in [0.2, 0.25) is 0 Å². The molecule has 2 heterocycles. The van der Waals surface area contributed by atoms with Gasteiger partial charge in [0, 0.05) is 12.4 Å². The number of nitrogens with zero attached hydrogens (tertiary/aromatic N) is 2. The summed E-state index contributed by atoms with van der Waals surface area (Å²) in [5.41, 5.74) is -0.275. The van der Waals surface area contributed by atoms with Crippen molar-refractivity contribution in [1.82, 2.24) is 19.5 Å². The smallest absolute Gasteiger partial charge is 0.329 e. The molecule has 0 spiro atoms. The summed E-state index contributed by atoms with van der Waals surface area (Å²) in [6.45, 7) is 0. The van der Waals surface area contributed by atoms with E-state index in [1.54, 1.807) is 13.1 Å². The fourth-order valence-corrected chi connectivity index (χ4v) is 1.54. The van der Waals surface area contributed by atoms with E-state index in [0.29, 0.717) is 22.3 Å². The van der Waals surface area contributed by atoms with E-state index in [-0.39, 0.29) is 0 Å². The molecule has 6 nitrogen and oxygen atoms in total. The molecule has 7 heteroatoms. The van der Waals surface area contributed by atoms with Crippen LogP contribution in [0.3, 0.4) is 0 Å². The van der Waals surface area contributed by atoms with E-state index >= 15 is 0 Å². The van der Waals surface area contributed by atoms with Gasteiger partial charge in [-0.25, -0.2) is 9.78 Å². The summed E-state index contributed by atoms with van der Waals surface area (Å²) in [4.78, 5) is 32.0. The maximum Gasteiger partial charge on any atom is 0.329 e. The molecule has 0 bridgehead atoms. The molecule has 0 saturated heterocycles. The fraction of sp³-hybridized carbons (Fsp3) is 0.222. The van der Waals surface area contributed by atoms with Gasteiger partial charge >= 0.3 is 5.69 Å². The minimum atomic E-state index is -0.472. The van der Waals surface area contributed by atoms with Crippen molar-refractivity contribution in [2.75, 3.05) is 5.33 Å². The topological polar surface area (TPSA) is 83.5 Å². The fourth-order valence-electron chi connectivity index (χ4n) is 1.36. The minimum absolute atomic E-state index is 0.302. The average Bonchev–Trinajstić information content (AvgIpc) is 2.68. The lowest BCUT2D eigenvalue weighted by Crippen LogP contribution is -2.28. The highest BCUT2D eigenvalue weighted by Gasteiger charge is 2.08. The molecule has 0 aliphatic rings. The van der Waals surface area contributed by atoms with Gasteiger partial charge in [-0.2, -0.15) is 0 Å². The zero-order chi connectivity index (χ0) is 11.7. The van der Waals surface area contributed by atoms with Gasteiger partial charge < -0.3 is 4.98 Å². The molecule has 0 fully saturated rings. The van der Waals surface area contributed by atoms with Crippen LogP contribution in [-0.4, -0.2) is 24.8 Å². The standard InChI is InChI=1S/C9H9BrN4O2/c1-14-7-6(8(15)13-9(14)16)11-5(12-7)3-2-4-10/h2-3H,4H2,1H3,(H,11,12)(H,13,15,16). The molecule has 0 radical (unpaired) electrons. The lowest BCUT2D eigenvalue weighted by atomic mass is 10.5. The maximum atomic E-state index is 11.5. The van der Waals surface area contributed by atoms with Crippen molar-refractivity contribution >= 4 is 33.2 Å². The van der Waals surface area contributed by atoms with Gasteiger partial charge in [0.15, 0.2) is 5.65 Å². The van der Waals surface area contributed by atoms with E-state index in [9.17, 15) is 9.59 Å². The lowest BCUT2D eigenvalue weighted by Gasteiger charge is -1.94. The third-order valence-electron chi connectivity index (χ3n) is 2.14. The first kappa shape index (κ1) is 10.9. The van der Waals surface area contributed by atoms with Crippen LogP contribution in [0.15, 0.2) is 15.7 Å². The maximum absolute atomic E-state index is 11.5. The van der Waals surface area contributed by atoms with E-state index in [1.165, 1.54) is 4.57 Å². The first-order valence-corrected chi connectivity index (χ1v) is 5.67. The van der Waals surface area contributed by atoms with Gasteiger partial charge in [-0.05, 0) is 6.08 Å². The predicted octanol–water partition coefficient (Wildman–Crippen LogP) is 0.358. The highest BCUT2D eigenvalue weighted by molar-refractivity contribution is 9.09. The summed E-state index contributed by atoms with van der Waals surface area (Å²) in [6, 6.07) is 0. The van der Waals surface area contributed by atoms with Crippen LogP contribution >= 0.6 is 15.9 Å². The Morgan fingerprint density at radius 1 is 1.44 bits per heavy atom. The third-order valence-corrected chi connectivity index (χ3v) is 2.51. The van der Waals surface area contributed by atoms with Crippen LogP contribution in [0.4, 0.5) is 0 Å². The lowest BCUT2D eigenvalue weighted by molar-refractivity contribution is 0.832. The summed E-state index contributed by atoms with van der Waals surface area (Å²) in [7, 11) is 1.55. The Labute approximate surface area is 98.2 Å². The highest BCUT2D eigenvalue weighted by atomic mass is 79.9. The van der Waals surface area contributed by atoms with Crippen LogP contribution in [0.5, 0.6) is 0 Å². The summed E-state index contributed by atoms with van der Waals surface area (Å²) in [6.07, 6.45) is 3.57. The second-order valence-electron chi connectivity index (χ2n) is 3.20. The predicted molar refractivity (Wildman–Crippen MR) is 64.8 cm³/mol. The van der Waals surface area contributed by atoms with Gasteiger partial charge in [-0.15, -0.1) is 0 Å². The first-order valence-electron chi connectivity index (χ1n) is 4.55. The van der Waals surface area contributed by atoms with Crippen molar-refractivity contribution in [2.45, 2.75) is 0 Å². The van der Waals surface area contributed by atoms with Crippen molar-refractivity contribution in [3.05, 3.63) is 32.7 Å². The number of rotatable bonds is 2. The zero-order valence-corrected chi connectivity index (χ0v) is 10.0. The number of fused-ring (bicyclic) bond motifs is 1. The Bertz CT molecular complexity index is 664. The molecule has 0 aliphatic carbocycles. The van der Waals surface area contributed by atoms with Gasteiger partial charge in [0.05, 0.1) is 0 Å². The van der Waals surface area contributed by atoms with Gasteiger partial charge in [0.1, 0.15) is 11.3 Å². The SMILES string of the molecule is Cn1c(=O)[nH]c(=O)c2[nH]c(C=CCBr)nc21. The number of nitrogens with one attached hydrogen (secondary N) is 2. The Balaban J connectivity index is 2.75. The van der Waals surface area contributed by atoms with Gasteiger partial charge in [0.25, 0.3) is 5.56 Å². The van der Waals surface area contributed by atoms with Gasteiger partial charge in [-0.3, -0.25) is 14.3 Å². The molecule has 0 amide bonds. The Hall–Kier alpha value is -1.63. The first-order chi connectivity index (χ1) is 7.63. The summed E-state index contributed by atoms with van der Waals surface area (Å²) in [5, 5.41) is 0.694. The molecular weight excluding hydrogens is 276 g/mol. The number of imidazole rings is 1. The number of alkyl halides is 1. The zero-order valence-electron chi connectivity index (χ0n) is 8.45. The largest absolute Gasteiger partial charge is 0.333 e. The molecule has 0 aliphatic heterocycles. The van der Waals surface area contributed by atoms with Crippen LogP contribution in [0.25, 0.3) is 17.2 Å². The van der Waals surface area contributed by atoms with Crippen LogP contribution in [0.2, 0.25) is 0 Å². The van der Waals surface area contributed by atoms with E-state index in [0.717, 1.165) is 0 Å². The average molecular weight is 285 g/mol. The quantitative estimate of drug-likeness (QED) is 0.781. The molecule has 16 heavy (non-hydrogen) atoms. The molecule has 0 atom stereocenters. The van der Waals surface area contributed by atoms with Crippen LogP contribution in [-0.2, 0) is 7.05 Å². The molecule has 2 aromatic rings. The second-order valence-corrected chi connectivity index (χ2v) is 3.84. The van der Waals surface area contributed by atoms with E-state index < -0.39 is 11.2 Å². The Morgan fingerprint density at radius 3 is 2.88 bits per heavy atom. The number of hydrogen-bond acceptors (Lipinski definition) is 3. The minimum Gasteiger partial charge on any atom is -0.333 e. The molecule has 2 N–H and O–H groups in total. The van der Waals surface area contributed by atoms with Crippen molar-refractivity contribution in [1.29, 1.82) is 0 Å². The number of aryl methyl sites for hydroxylation is 1. The molecular formula is C9H9BrN4O2. The van der Waals surface area contributed by atoms with Crippen LogP contribution in [0.1, 0.15) is 5.82 Å². The van der Waals surface area contributed by atoms with E-state index in [2.05, 4.69) is 30.9 Å². The molecule has 0 unspecified atom stereocenters. The molecule has 2 rings (SSSR count). The summed E-state index contributed by atoms with van der Waals surface area (Å²) < 4.78 is 1.29. The highest BCUT2D eigenvalue weighted by Crippen LogP contribution is 2.05. The van der Waals surface area contributed by atoms with E-state index in [4.69, 9.17) is 0 Å². The normalized spacial score (nSPS) is 11.6. The van der Waals surface area contributed by atoms with Crippen molar-refractivity contribution in [3.8, 4) is 0 Å². The third kappa shape index (κ3) is 1.73. The van der Waals surface area contributed by atoms with Crippen LogP contribution in [0, 0.1) is 0 Å². The van der Waals surface area contributed by atoms with Gasteiger partial charge in [-0.1, -0.05) is 22.0 Å². The molecule has 0 saturated carbocycles. The number of aromatic amines is 2. The van der Waals surface area contributed by atoms with E-state index in [1.807, 2.05) is 6.08 Å². The Kier molecular flexibility index (Phi) is 2.78. The number of H-pyrrole nitrogens is 2. The van der Waals surface area contributed by atoms with Crippen molar-refractivity contribution in [3.63, 3.8) is 0 Å². The number of aromatic nitrogens is 4.